The third-order valence-electron chi connectivity index (χ3n) is 4.80. The van der Waals surface area contributed by atoms with Gasteiger partial charge in [-0.05, 0) is 44.4 Å². The predicted octanol–water partition coefficient (Wildman–Crippen LogP) is 0.691. The van der Waals surface area contributed by atoms with E-state index in [0.29, 0.717) is 19.1 Å². The second kappa shape index (κ2) is 6.62. The third-order valence-corrected chi connectivity index (χ3v) is 6.68. The summed E-state index contributed by atoms with van der Waals surface area (Å²) >= 11 is 0. The Bertz CT molecular complexity index is 585. The average Bonchev–Trinajstić information content (AvgIpc) is 3.04. The number of likely N-dealkylation sites (tertiary alicyclic amines) is 1. The van der Waals surface area contributed by atoms with Crippen molar-refractivity contribution in [3.05, 3.63) is 24.5 Å². The van der Waals surface area contributed by atoms with Crippen LogP contribution in [-0.2, 0) is 10.0 Å². The van der Waals surface area contributed by atoms with Crippen LogP contribution in [0.4, 0.5) is 0 Å². The first kappa shape index (κ1) is 15.9. The zero-order valence-corrected chi connectivity index (χ0v) is 13.5. The van der Waals surface area contributed by atoms with Crippen molar-refractivity contribution < 1.29 is 13.5 Å². The van der Waals surface area contributed by atoms with E-state index in [1.807, 2.05) is 0 Å². The SMILES string of the molecule is O=S(=O)(c1cccnc1)N1CCC(N2CCC[C@@H]2CO)CC1. The highest BCUT2D eigenvalue weighted by molar-refractivity contribution is 7.89. The molecule has 122 valence electrons. The van der Waals surface area contributed by atoms with E-state index in [0.717, 1.165) is 32.2 Å². The Labute approximate surface area is 131 Å². The van der Waals surface area contributed by atoms with Crippen molar-refractivity contribution in [2.75, 3.05) is 26.2 Å². The molecule has 6 nitrogen and oxygen atoms in total. The standard InChI is InChI=1S/C15H23N3O3S/c19-12-14-3-2-8-18(14)13-5-9-17(10-6-13)22(20,21)15-4-1-7-16-11-15/h1,4,7,11,13-14,19H,2-3,5-6,8-10,12H2/t14-/m1/s1. The molecular weight excluding hydrogens is 302 g/mol. The number of aromatic nitrogens is 1. The molecule has 1 N–H and O–H groups in total. The van der Waals surface area contributed by atoms with Crippen LogP contribution in [0.5, 0.6) is 0 Å². The van der Waals surface area contributed by atoms with E-state index in [1.54, 1.807) is 22.6 Å². The van der Waals surface area contributed by atoms with Gasteiger partial charge in [-0.1, -0.05) is 0 Å². The number of pyridine rings is 1. The Kier molecular flexibility index (Phi) is 4.77. The Hall–Kier alpha value is -1.02. The molecule has 2 saturated heterocycles. The number of piperidine rings is 1. The molecule has 22 heavy (non-hydrogen) atoms. The van der Waals surface area contributed by atoms with Gasteiger partial charge in [0.15, 0.2) is 0 Å². The van der Waals surface area contributed by atoms with Gasteiger partial charge in [-0.15, -0.1) is 0 Å². The minimum atomic E-state index is -3.43. The van der Waals surface area contributed by atoms with Gasteiger partial charge in [-0.3, -0.25) is 9.88 Å². The fourth-order valence-electron chi connectivity index (χ4n) is 3.60. The summed E-state index contributed by atoms with van der Waals surface area (Å²) < 4.78 is 26.7. The fourth-order valence-corrected chi connectivity index (χ4v) is 5.03. The number of aliphatic hydroxyl groups is 1. The molecular formula is C15H23N3O3S. The highest BCUT2D eigenvalue weighted by Gasteiger charge is 2.35. The Morgan fingerprint density at radius 2 is 2.00 bits per heavy atom. The lowest BCUT2D eigenvalue weighted by Gasteiger charge is -2.38. The first-order chi connectivity index (χ1) is 10.6. The molecule has 3 rings (SSSR count). The predicted molar refractivity (Wildman–Crippen MR) is 82.8 cm³/mol. The summed E-state index contributed by atoms with van der Waals surface area (Å²) in [5.74, 6) is 0. The largest absolute Gasteiger partial charge is 0.395 e. The summed E-state index contributed by atoms with van der Waals surface area (Å²) in [7, 11) is -3.43. The van der Waals surface area contributed by atoms with E-state index in [9.17, 15) is 13.5 Å². The molecule has 0 aliphatic carbocycles. The van der Waals surface area contributed by atoms with Crippen molar-refractivity contribution in [3.8, 4) is 0 Å². The van der Waals surface area contributed by atoms with Gasteiger partial charge in [-0.25, -0.2) is 8.42 Å². The van der Waals surface area contributed by atoms with E-state index >= 15 is 0 Å². The first-order valence-corrected chi connectivity index (χ1v) is 9.33. The number of aliphatic hydroxyl groups excluding tert-OH is 1. The molecule has 1 aromatic heterocycles. The van der Waals surface area contributed by atoms with Crippen LogP contribution in [0.1, 0.15) is 25.7 Å². The molecule has 7 heteroatoms. The van der Waals surface area contributed by atoms with Crippen molar-refractivity contribution in [2.24, 2.45) is 0 Å². The number of rotatable bonds is 4. The lowest BCUT2D eigenvalue weighted by Crippen LogP contribution is -2.48. The smallest absolute Gasteiger partial charge is 0.244 e. The molecule has 0 saturated carbocycles. The van der Waals surface area contributed by atoms with Gasteiger partial charge in [0.25, 0.3) is 0 Å². The maximum Gasteiger partial charge on any atom is 0.244 e. The van der Waals surface area contributed by atoms with Gasteiger partial charge in [0.1, 0.15) is 4.90 Å². The summed E-state index contributed by atoms with van der Waals surface area (Å²) in [5.41, 5.74) is 0. The lowest BCUT2D eigenvalue weighted by atomic mass is 10.0. The summed E-state index contributed by atoms with van der Waals surface area (Å²) in [4.78, 5) is 6.54. The van der Waals surface area contributed by atoms with Crippen LogP contribution in [-0.4, -0.2) is 66.0 Å². The minimum absolute atomic E-state index is 0.203. The van der Waals surface area contributed by atoms with Gasteiger partial charge in [-0.2, -0.15) is 4.31 Å². The normalized spacial score (nSPS) is 25.6. The van der Waals surface area contributed by atoms with Gasteiger partial charge in [0.2, 0.25) is 10.0 Å². The van der Waals surface area contributed by atoms with E-state index in [4.69, 9.17) is 0 Å². The number of nitrogens with zero attached hydrogens (tertiary/aromatic N) is 3. The second-order valence-corrected chi connectivity index (χ2v) is 7.98. The molecule has 0 amide bonds. The van der Waals surface area contributed by atoms with Crippen LogP contribution in [0, 0.1) is 0 Å². The molecule has 2 aliphatic heterocycles. The molecule has 1 aromatic rings. The number of sulfonamides is 1. The van der Waals surface area contributed by atoms with Crippen LogP contribution in [0.2, 0.25) is 0 Å². The monoisotopic (exact) mass is 325 g/mol. The van der Waals surface area contributed by atoms with Crippen LogP contribution in [0.15, 0.2) is 29.4 Å². The molecule has 3 heterocycles. The van der Waals surface area contributed by atoms with Crippen LogP contribution < -0.4 is 0 Å². The average molecular weight is 325 g/mol. The molecule has 1 atom stereocenters. The van der Waals surface area contributed by atoms with Crippen LogP contribution in [0.3, 0.4) is 0 Å². The maximum absolute atomic E-state index is 12.6. The number of hydrogen-bond acceptors (Lipinski definition) is 5. The molecule has 0 spiro atoms. The Balaban J connectivity index is 1.64. The molecule has 0 unspecified atom stereocenters. The van der Waals surface area contributed by atoms with Gasteiger partial charge < -0.3 is 5.11 Å². The van der Waals surface area contributed by atoms with E-state index in [2.05, 4.69) is 9.88 Å². The minimum Gasteiger partial charge on any atom is -0.395 e. The van der Waals surface area contributed by atoms with E-state index in [-0.39, 0.29) is 17.5 Å². The van der Waals surface area contributed by atoms with Crippen molar-refractivity contribution in [1.29, 1.82) is 0 Å². The lowest BCUT2D eigenvalue weighted by molar-refractivity contribution is 0.0899. The van der Waals surface area contributed by atoms with Gasteiger partial charge >= 0.3 is 0 Å². The van der Waals surface area contributed by atoms with Crippen molar-refractivity contribution in [1.82, 2.24) is 14.2 Å². The Morgan fingerprint density at radius 3 is 2.64 bits per heavy atom. The number of hydrogen-bond donors (Lipinski definition) is 1. The van der Waals surface area contributed by atoms with Gasteiger partial charge in [0, 0.05) is 37.6 Å². The van der Waals surface area contributed by atoms with E-state index in [1.165, 1.54) is 6.20 Å². The zero-order chi connectivity index (χ0) is 15.6. The fraction of sp³-hybridized carbons (Fsp3) is 0.667. The van der Waals surface area contributed by atoms with Crippen molar-refractivity contribution in [3.63, 3.8) is 0 Å². The summed E-state index contributed by atoms with van der Waals surface area (Å²) in [6, 6.07) is 3.89. The summed E-state index contributed by atoms with van der Waals surface area (Å²) in [6.07, 6.45) is 6.81. The maximum atomic E-state index is 12.6. The topological polar surface area (TPSA) is 73.7 Å². The summed E-state index contributed by atoms with van der Waals surface area (Å²) in [6.45, 7) is 2.30. The van der Waals surface area contributed by atoms with Crippen molar-refractivity contribution >= 4 is 10.0 Å². The second-order valence-electron chi connectivity index (χ2n) is 6.04. The molecule has 0 bridgehead atoms. The molecule has 0 aromatic carbocycles. The van der Waals surface area contributed by atoms with Gasteiger partial charge in [0.05, 0.1) is 6.61 Å². The molecule has 0 radical (unpaired) electrons. The first-order valence-electron chi connectivity index (χ1n) is 7.89. The highest BCUT2D eigenvalue weighted by atomic mass is 32.2. The summed E-state index contributed by atoms with van der Waals surface area (Å²) in [5, 5.41) is 9.44. The highest BCUT2D eigenvalue weighted by Crippen LogP contribution is 2.27. The third kappa shape index (κ3) is 3.03. The molecule has 2 aliphatic rings. The quantitative estimate of drug-likeness (QED) is 0.882. The molecule has 2 fully saturated rings. The van der Waals surface area contributed by atoms with E-state index < -0.39 is 10.0 Å². The van der Waals surface area contributed by atoms with Crippen LogP contribution in [0.25, 0.3) is 0 Å². The van der Waals surface area contributed by atoms with Crippen molar-refractivity contribution in [2.45, 2.75) is 42.7 Å². The Morgan fingerprint density at radius 1 is 1.23 bits per heavy atom. The zero-order valence-electron chi connectivity index (χ0n) is 12.6. The van der Waals surface area contributed by atoms with Crippen LogP contribution >= 0.6 is 0 Å².